The number of nitrogen functional groups attached to an aromatic ring is 1. The molecule has 1 heterocycles. The van der Waals surface area contributed by atoms with E-state index >= 15 is 0 Å². The van der Waals surface area contributed by atoms with Gasteiger partial charge in [0, 0.05) is 0 Å². The number of rotatable bonds is 3. The highest BCUT2D eigenvalue weighted by molar-refractivity contribution is 5.91. The van der Waals surface area contributed by atoms with Crippen molar-refractivity contribution in [3.63, 3.8) is 0 Å². The van der Waals surface area contributed by atoms with Gasteiger partial charge in [0.2, 0.25) is 5.88 Å². The molecule has 0 atom stereocenters. The molecular weight excluding hydrogens is 289 g/mol. The normalized spacial score (nSPS) is 11.2. The average molecular weight is 298 g/mol. The number of aromatic carboxylic acids is 1. The number of nitrogens with two attached hydrogens (primary N) is 1. The summed E-state index contributed by atoms with van der Waals surface area (Å²) in [6.45, 7) is 0. The van der Waals surface area contributed by atoms with E-state index in [1.165, 1.54) is 6.07 Å². The second kappa shape index (κ2) is 5.31. The Balaban J connectivity index is 2.37. The number of hydrogen-bond donors (Lipinski definition) is 2. The number of carboxylic acid groups (broad SMARTS) is 1. The van der Waals surface area contributed by atoms with Gasteiger partial charge in [-0.2, -0.15) is 13.2 Å². The van der Waals surface area contributed by atoms with Gasteiger partial charge in [0.15, 0.2) is 0 Å². The van der Waals surface area contributed by atoms with E-state index in [1.54, 1.807) is 0 Å². The number of aromatic nitrogens is 1. The Labute approximate surface area is 116 Å². The topological polar surface area (TPSA) is 85.4 Å². The Morgan fingerprint density at radius 2 is 2.00 bits per heavy atom. The van der Waals surface area contributed by atoms with Crippen LogP contribution >= 0.6 is 0 Å². The van der Waals surface area contributed by atoms with Crippen LogP contribution in [0.3, 0.4) is 0 Å². The maximum absolute atomic E-state index is 12.6. The highest BCUT2D eigenvalue weighted by atomic mass is 19.4. The van der Waals surface area contributed by atoms with Crippen molar-refractivity contribution in [1.82, 2.24) is 4.98 Å². The van der Waals surface area contributed by atoms with Crippen LogP contribution in [-0.2, 0) is 6.18 Å². The van der Waals surface area contributed by atoms with Gasteiger partial charge in [-0.25, -0.2) is 9.78 Å². The molecular formula is C13H9F3N2O3. The summed E-state index contributed by atoms with van der Waals surface area (Å²) in [6, 6.07) is 5.15. The maximum atomic E-state index is 12.6. The van der Waals surface area contributed by atoms with Crippen LogP contribution in [0.5, 0.6) is 11.6 Å². The fourth-order valence-electron chi connectivity index (χ4n) is 1.55. The van der Waals surface area contributed by atoms with Crippen molar-refractivity contribution in [3.8, 4) is 11.6 Å². The van der Waals surface area contributed by atoms with E-state index in [-0.39, 0.29) is 22.9 Å². The molecule has 1 aromatic carbocycles. The number of alkyl halides is 3. The van der Waals surface area contributed by atoms with Gasteiger partial charge in [-0.15, -0.1) is 0 Å². The fraction of sp³-hybridized carbons (Fsp3) is 0.0769. The number of anilines is 1. The van der Waals surface area contributed by atoms with Gasteiger partial charge in [0.05, 0.1) is 17.4 Å². The predicted molar refractivity (Wildman–Crippen MR) is 67.1 cm³/mol. The molecule has 21 heavy (non-hydrogen) atoms. The summed E-state index contributed by atoms with van der Waals surface area (Å²) in [5, 5.41) is 9.00. The standard InChI is InChI=1S/C13H9F3N2O3/c14-13(15,16)7-2-1-3-9(4-7)21-11-10(12(19)20)5-8(17)6-18-11/h1-6H,17H2,(H,19,20). The summed E-state index contributed by atoms with van der Waals surface area (Å²) in [7, 11) is 0. The maximum Gasteiger partial charge on any atom is 0.416 e. The minimum Gasteiger partial charge on any atom is -0.477 e. The molecule has 0 spiro atoms. The fourth-order valence-corrected chi connectivity index (χ4v) is 1.55. The van der Waals surface area contributed by atoms with Gasteiger partial charge in [0.1, 0.15) is 11.3 Å². The van der Waals surface area contributed by atoms with Crippen molar-refractivity contribution >= 4 is 11.7 Å². The highest BCUT2D eigenvalue weighted by Crippen LogP contribution is 2.33. The minimum atomic E-state index is -4.52. The van der Waals surface area contributed by atoms with E-state index in [9.17, 15) is 18.0 Å². The Bertz CT molecular complexity index is 687. The third-order valence-electron chi connectivity index (χ3n) is 2.48. The third-order valence-corrected chi connectivity index (χ3v) is 2.48. The van der Waals surface area contributed by atoms with E-state index in [1.807, 2.05) is 0 Å². The van der Waals surface area contributed by atoms with Crippen molar-refractivity contribution in [2.75, 3.05) is 5.73 Å². The molecule has 2 aromatic rings. The number of hydrogen-bond acceptors (Lipinski definition) is 4. The third kappa shape index (κ3) is 3.41. The zero-order valence-electron chi connectivity index (χ0n) is 10.4. The lowest BCUT2D eigenvalue weighted by molar-refractivity contribution is -0.137. The monoisotopic (exact) mass is 298 g/mol. The average Bonchev–Trinajstić information content (AvgIpc) is 2.40. The van der Waals surface area contributed by atoms with Crippen molar-refractivity contribution < 1.29 is 27.8 Å². The van der Waals surface area contributed by atoms with Crippen LogP contribution in [-0.4, -0.2) is 16.1 Å². The Hall–Kier alpha value is -2.77. The zero-order chi connectivity index (χ0) is 15.6. The largest absolute Gasteiger partial charge is 0.477 e. The number of carboxylic acids is 1. The highest BCUT2D eigenvalue weighted by Gasteiger charge is 2.30. The lowest BCUT2D eigenvalue weighted by Gasteiger charge is -2.11. The van der Waals surface area contributed by atoms with Crippen LogP contribution in [0.15, 0.2) is 36.5 Å². The SMILES string of the molecule is Nc1cnc(Oc2cccc(C(F)(F)F)c2)c(C(=O)O)c1. The van der Waals surface area contributed by atoms with Crippen LogP contribution in [0.2, 0.25) is 0 Å². The van der Waals surface area contributed by atoms with E-state index in [0.717, 1.165) is 30.5 Å². The quantitative estimate of drug-likeness (QED) is 0.909. The molecule has 0 saturated heterocycles. The number of nitrogens with zero attached hydrogens (tertiary/aromatic N) is 1. The zero-order valence-corrected chi connectivity index (χ0v) is 10.4. The molecule has 110 valence electrons. The Morgan fingerprint density at radius 1 is 1.29 bits per heavy atom. The lowest BCUT2D eigenvalue weighted by atomic mass is 10.2. The van der Waals surface area contributed by atoms with Crippen LogP contribution in [0, 0.1) is 0 Å². The van der Waals surface area contributed by atoms with Crippen molar-refractivity contribution in [1.29, 1.82) is 0 Å². The van der Waals surface area contributed by atoms with Crippen molar-refractivity contribution in [2.45, 2.75) is 6.18 Å². The van der Waals surface area contributed by atoms with Gasteiger partial charge < -0.3 is 15.6 Å². The van der Waals surface area contributed by atoms with Gasteiger partial charge in [0.25, 0.3) is 0 Å². The summed E-state index contributed by atoms with van der Waals surface area (Å²) in [4.78, 5) is 14.7. The molecule has 3 N–H and O–H groups in total. The smallest absolute Gasteiger partial charge is 0.416 e. The van der Waals surface area contributed by atoms with Crippen LogP contribution in [0.4, 0.5) is 18.9 Å². The first-order chi connectivity index (χ1) is 9.77. The molecule has 8 heteroatoms. The molecule has 5 nitrogen and oxygen atoms in total. The summed E-state index contributed by atoms with van der Waals surface area (Å²) >= 11 is 0. The Kier molecular flexibility index (Phi) is 3.70. The minimum absolute atomic E-state index is 0.101. The molecule has 0 aliphatic rings. The molecule has 0 radical (unpaired) electrons. The van der Waals surface area contributed by atoms with Crippen molar-refractivity contribution in [2.24, 2.45) is 0 Å². The van der Waals surface area contributed by atoms with Crippen LogP contribution < -0.4 is 10.5 Å². The van der Waals surface area contributed by atoms with Crippen LogP contribution in [0.1, 0.15) is 15.9 Å². The molecule has 0 fully saturated rings. The van der Waals surface area contributed by atoms with Crippen molar-refractivity contribution in [3.05, 3.63) is 47.7 Å². The molecule has 0 saturated carbocycles. The first kappa shape index (κ1) is 14.6. The summed E-state index contributed by atoms with van der Waals surface area (Å²) in [6.07, 6.45) is -3.38. The second-order valence-electron chi connectivity index (χ2n) is 4.05. The van der Waals surface area contributed by atoms with E-state index in [2.05, 4.69) is 4.98 Å². The van der Waals surface area contributed by atoms with Gasteiger partial charge >= 0.3 is 12.1 Å². The summed E-state index contributed by atoms with van der Waals surface area (Å²) in [5.74, 6) is -1.86. The van der Waals surface area contributed by atoms with Crippen LogP contribution in [0.25, 0.3) is 0 Å². The second-order valence-corrected chi connectivity index (χ2v) is 4.05. The number of pyridine rings is 1. The first-order valence-electron chi connectivity index (χ1n) is 5.61. The first-order valence-corrected chi connectivity index (χ1v) is 5.61. The molecule has 0 aliphatic carbocycles. The van der Waals surface area contributed by atoms with Gasteiger partial charge in [-0.05, 0) is 24.3 Å². The van der Waals surface area contributed by atoms with E-state index in [0.29, 0.717) is 0 Å². The molecule has 0 amide bonds. The predicted octanol–water partition coefficient (Wildman–Crippen LogP) is 3.17. The molecule has 2 rings (SSSR count). The molecule has 1 aromatic heterocycles. The van der Waals surface area contributed by atoms with E-state index in [4.69, 9.17) is 15.6 Å². The van der Waals surface area contributed by atoms with Gasteiger partial charge in [-0.3, -0.25) is 0 Å². The van der Waals surface area contributed by atoms with E-state index < -0.39 is 17.7 Å². The summed E-state index contributed by atoms with van der Waals surface area (Å²) < 4.78 is 42.9. The Morgan fingerprint density at radius 3 is 2.62 bits per heavy atom. The number of halogens is 3. The molecule has 0 bridgehead atoms. The number of ether oxygens (including phenoxy) is 1. The number of benzene rings is 1. The number of carbonyl (C=O) groups is 1. The molecule has 0 unspecified atom stereocenters. The molecule has 0 aliphatic heterocycles. The lowest BCUT2D eigenvalue weighted by Crippen LogP contribution is -2.06. The summed E-state index contributed by atoms with van der Waals surface area (Å²) in [5.41, 5.74) is 4.26. The van der Waals surface area contributed by atoms with Gasteiger partial charge in [-0.1, -0.05) is 6.07 Å².